The van der Waals surface area contributed by atoms with Crippen molar-refractivity contribution < 1.29 is 4.74 Å². The van der Waals surface area contributed by atoms with Gasteiger partial charge in [-0.3, -0.25) is 0 Å². The number of rotatable bonds is 6. The molecule has 102 valence electrons. The Kier molecular flexibility index (Phi) is 4.81. The summed E-state index contributed by atoms with van der Waals surface area (Å²) in [4.78, 5) is 13.8. The van der Waals surface area contributed by atoms with E-state index >= 15 is 0 Å². The predicted molar refractivity (Wildman–Crippen MR) is 76.2 cm³/mol. The summed E-state index contributed by atoms with van der Waals surface area (Å²) >= 11 is 1.64. The Bertz CT molecular complexity index is 527. The lowest BCUT2D eigenvalue weighted by Gasteiger charge is -2.04. The minimum Gasteiger partial charge on any atom is -0.481 e. The molecule has 0 aliphatic heterocycles. The first-order chi connectivity index (χ1) is 9.19. The first-order valence-electron chi connectivity index (χ1n) is 6.21. The molecule has 0 radical (unpaired) electrons. The normalized spacial score (nSPS) is 10.9. The molecule has 0 atom stereocenters. The van der Waals surface area contributed by atoms with Gasteiger partial charge in [0.2, 0.25) is 5.88 Å². The summed E-state index contributed by atoms with van der Waals surface area (Å²) < 4.78 is 5.09. The highest BCUT2D eigenvalue weighted by Gasteiger charge is 2.07. The van der Waals surface area contributed by atoms with Crippen molar-refractivity contribution >= 4 is 11.3 Å². The summed E-state index contributed by atoms with van der Waals surface area (Å²) in [5.74, 6) is 1.21. The van der Waals surface area contributed by atoms with Gasteiger partial charge in [0, 0.05) is 23.7 Å². The third-order valence-corrected chi connectivity index (χ3v) is 3.50. The zero-order valence-electron chi connectivity index (χ0n) is 11.4. The first-order valence-corrected chi connectivity index (χ1v) is 7.02. The van der Waals surface area contributed by atoms with Gasteiger partial charge in [0.15, 0.2) is 0 Å². The van der Waals surface area contributed by atoms with Gasteiger partial charge in [-0.2, -0.15) is 0 Å². The molecule has 5 nitrogen and oxygen atoms in total. The Hall–Kier alpha value is -1.53. The second-order valence-electron chi connectivity index (χ2n) is 4.60. The van der Waals surface area contributed by atoms with Crippen LogP contribution in [0.15, 0.2) is 18.6 Å². The molecule has 0 aliphatic carbocycles. The zero-order chi connectivity index (χ0) is 13.7. The van der Waals surface area contributed by atoms with Gasteiger partial charge in [-0.25, -0.2) is 15.0 Å². The maximum absolute atomic E-state index is 5.09. The molecule has 0 bridgehead atoms. The van der Waals surface area contributed by atoms with Crippen molar-refractivity contribution in [1.29, 1.82) is 0 Å². The number of nitrogens with zero attached hydrogens (tertiary/aromatic N) is 3. The van der Waals surface area contributed by atoms with E-state index in [0.29, 0.717) is 11.8 Å². The van der Waals surface area contributed by atoms with E-state index in [1.807, 2.05) is 6.20 Å². The Morgan fingerprint density at radius 3 is 2.89 bits per heavy atom. The van der Waals surface area contributed by atoms with Gasteiger partial charge in [-0.15, -0.1) is 11.3 Å². The number of ether oxygens (including phenoxy) is 1. The highest BCUT2D eigenvalue weighted by Crippen LogP contribution is 2.24. The standard InChI is InChI=1S/C13H18N4OS/c1-9(2)5-14-6-10-7-15-13(19-10)11-4-12(18-3)17-8-16-11/h4,7-9,14H,5-6H2,1-3H3. The number of hydrogen-bond acceptors (Lipinski definition) is 6. The van der Waals surface area contributed by atoms with Crippen LogP contribution in [0.4, 0.5) is 0 Å². The first kappa shape index (κ1) is 13.9. The number of thiazole rings is 1. The summed E-state index contributed by atoms with van der Waals surface area (Å²) in [5.41, 5.74) is 0.798. The van der Waals surface area contributed by atoms with Crippen molar-refractivity contribution in [2.45, 2.75) is 20.4 Å². The van der Waals surface area contributed by atoms with Crippen LogP contribution >= 0.6 is 11.3 Å². The molecule has 0 spiro atoms. The molecule has 0 aliphatic rings. The molecule has 2 aromatic rings. The quantitative estimate of drug-likeness (QED) is 0.879. The molecule has 0 unspecified atom stereocenters. The van der Waals surface area contributed by atoms with Crippen molar-refractivity contribution in [3.8, 4) is 16.6 Å². The molecular formula is C13H18N4OS. The van der Waals surface area contributed by atoms with Crippen molar-refractivity contribution in [2.24, 2.45) is 5.92 Å². The van der Waals surface area contributed by atoms with E-state index < -0.39 is 0 Å². The van der Waals surface area contributed by atoms with E-state index in [1.165, 1.54) is 11.2 Å². The van der Waals surface area contributed by atoms with Crippen LogP contribution in [0.3, 0.4) is 0 Å². The molecule has 0 fully saturated rings. The number of nitrogens with one attached hydrogen (secondary N) is 1. The van der Waals surface area contributed by atoms with Crippen molar-refractivity contribution in [2.75, 3.05) is 13.7 Å². The summed E-state index contributed by atoms with van der Waals surface area (Å²) in [6.07, 6.45) is 3.38. The van der Waals surface area contributed by atoms with Crippen LogP contribution in [0.5, 0.6) is 5.88 Å². The molecule has 0 amide bonds. The molecule has 0 saturated heterocycles. The lowest BCUT2D eigenvalue weighted by molar-refractivity contribution is 0.397. The second kappa shape index (κ2) is 6.58. The predicted octanol–water partition coefficient (Wildman–Crippen LogP) is 2.35. The van der Waals surface area contributed by atoms with Crippen molar-refractivity contribution in [3.05, 3.63) is 23.5 Å². The molecule has 2 heterocycles. The average molecular weight is 278 g/mol. The summed E-state index contributed by atoms with van der Waals surface area (Å²) in [5, 5.41) is 4.29. The minimum atomic E-state index is 0.555. The lowest BCUT2D eigenvalue weighted by atomic mass is 10.2. The average Bonchev–Trinajstić information content (AvgIpc) is 2.87. The third-order valence-electron chi connectivity index (χ3n) is 2.48. The van der Waals surface area contributed by atoms with Gasteiger partial charge >= 0.3 is 0 Å². The van der Waals surface area contributed by atoms with Gasteiger partial charge in [0.1, 0.15) is 17.0 Å². The van der Waals surface area contributed by atoms with Gasteiger partial charge in [-0.05, 0) is 12.5 Å². The van der Waals surface area contributed by atoms with Crippen LogP contribution in [-0.2, 0) is 6.54 Å². The molecule has 0 aromatic carbocycles. The molecule has 19 heavy (non-hydrogen) atoms. The van der Waals surface area contributed by atoms with E-state index in [-0.39, 0.29) is 0 Å². The van der Waals surface area contributed by atoms with Gasteiger partial charge in [0.25, 0.3) is 0 Å². The van der Waals surface area contributed by atoms with E-state index in [9.17, 15) is 0 Å². The maximum Gasteiger partial charge on any atom is 0.216 e. The smallest absolute Gasteiger partial charge is 0.216 e. The molecule has 2 aromatic heterocycles. The molecular weight excluding hydrogens is 260 g/mol. The zero-order valence-corrected chi connectivity index (χ0v) is 12.2. The van der Waals surface area contributed by atoms with Crippen LogP contribution in [0.1, 0.15) is 18.7 Å². The summed E-state index contributed by atoms with van der Waals surface area (Å²) in [6, 6.07) is 1.80. The Balaban J connectivity index is 2.03. The highest BCUT2D eigenvalue weighted by atomic mass is 32.1. The Morgan fingerprint density at radius 2 is 2.16 bits per heavy atom. The largest absolute Gasteiger partial charge is 0.481 e. The van der Waals surface area contributed by atoms with Crippen LogP contribution in [0.25, 0.3) is 10.7 Å². The topological polar surface area (TPSA) is 59.9 Å². The van der Waals surface area contributed by atoms with Crippen LogP contribution in [-0.4, -0.2) is 28.6 Å². The molecule has 1 N–H and O–H groups in total. The summed E-state index contributed by atoms with van der Waals surface area (Å²) in [7, 11) is 1.59. The van der Waals surface area contributed by atoms with Crippen LogP contribution < -0.4 is 10.1 Å². The van der Waals surface area contributed by atoms with Gasteiger partial charge in [0.05, 0.1) is 7.11 Å². The van der Waals surface area contributed by atoms with Gasteiger partial charge < -0.3 is 10.1 Å². The van der Waals surface area contributed by atoms with E-state index in [4.69, 9.17) is 4.74 Å². The molecule has 6 heteroatoms. The fourth-order valence-electron chi connectivity index (χ4n) is 1.56. The fraction of sp³-hybridized carbons (Fsp3) is 0.462. The number of aromatic nitrogens is 3. The number of hydrogen-bond donors (Lipinski definition) is 1. The van der Waals surface area contributed by atoms with Crippen LogP contribution in [0, 0.1) is 5.92 Å². The van der Waals surface area contributed by atoms with E-state index in [1.54, 1.807) is 24.5 Å². The molecule has 2 rings (SSSR count). The van der Waals surface area contributed by atoms with Gasteiger partial charge in [-0.1, -0.05) is 13.8 Å². The molecule has 0 saturated carbocycles. The number of methoxy groups -OCH3 is 1. The van der Waals surface area contributed by atoms with E-state index in [2.05, 4.69) is 34.1 Å². The van der Waals surface area contributed by atoms with Crippen molar-refractivity contribution in [3.63, 3.8) is 0 Å². The SMILES string of the molecule is COc1cc(-c2ncc(CNCC(C)C)s2)ncn1. The van der Waals surface area contributed by atoms with Crippen molar-refractivity contribution in [1.82, 2.24) is 20.3 Å². The Morgan fingerprint density at radius 1 is 1.32 bits per heavy atom. The second-order valence-corrected chi connectivity index (χ2v) is 5.72. The summed E-state index contributed by atoms with van der Waals surface area (Å²) in [6.45, 7) is 6.24. The lowest BCUT2D eigenvalue weighted by Crippen LogP contribution is -2.18. The van der Waals surface area contributed by atoms with E-state index in [0.717, 1.165) is 23.8 Å². The highest BCUT2D eigenvalue weighted by molar-refractivity contribution is 7.14. The Labute approximate surface area is 117 Å². The minimum absolute atomic E-state index is 0.555. The van der Waals surface area contributed by atoms with Crippen LogP contribution in [0.2, 0.25) is 0 Å². The maximum atomic E-state index is 5.09. The third kappa shape index (κ3) is 3.97. The fourth-order valence-corrected chi connectivity index (χ4v) is 2.41. The monoisotopic (exact) mass is 278 g/mol.